The van der Waals surface area contributed by atoms with E-state index in [0.717, 1.165) is 31.2 Å². The molecule has 106 valence electrons. The van der Waals surface area contributed by atoms with Crippen LogP contribution in [0.3, 0.4) is 0 Å². The second-order valence-electron chi connectivity index (χ2n) is 5.75. The molecule has 0 fully saturated rings. The molecule has 1 heterocycles. The van der Waals surface area contributed by atoms with Crippen molar-refractivity contribution in [3.05, 3.63) is 29.3 Å². The number of benzene rings is 1. The standard InChI is InChI=1S/C17H27NO/c1-4-6-14(12-18-5-2)10-16-11-15-9-13(3)7-8-17(15)19-16/h7-9,14,16,18H,4-6,10-12H2,1-3H3. The van der Waals surface area contributed by atoms with Gasteiger partial charge in [0.1, 0.15) is 11.9 Å². The normalized spacial score (nSPS) is 19.0. The zero-order valence-electron chi connectivity index (χ0n) is 12.5. The molecule has 1 aromatic rings. The molecule has 0 aliphatic carbocycles. The van der Waals surface area contributed by atoms with Gasteiger partial charge in [-0.2, -0.15) is 0 Å². The Labute approximate surface area is 117 Å². The van der Waals surface area contributed by atoms with Gasteiger partial charge in [-0.05, 0) is 50.4 Å². The van der Waals surface area contributed by atoms with E-state index in [-0.39, 0.29) is 0 Å². The second kappa shape index (κ2) is 6.95. The van der Waals surface area contributed by atoms with Crippen LogP contribution in [-0.2, 0) is 6.42 Å². The summed E-state index contributed by atoms with van der Waals surface area (Å²) in [5.41, 5.74) is 2.73. The molecule has 0 saturated carbocycles. The van der Waals surface area contributed by atoms with E-state index in [1.54, 1.807) is 0 Å². The van der Waals surface area contributed by atoms with E-state index in [1.165, 1.54) is 30.4 Å². The van der Waals surface area contributed by atoms with Crippen molar-refractivity contribution >= 4 is 0 Å². The van der Waals surface area contributed by atoms with Crippen molar-refractivity contribution in [2.45, 2.75) is 52.6 Å². The molecule has 0 aromatic heterocycles. The minimum absolute atomic E-state index is 0.381. The Morgan fingerprint density at radius 3 is 2.95 bits per heavy atom. The van der Waals surface area contributed by atoms with Gasteiger partial charge in [0, 0.05) is 6.42 Å². The molecule has 2 heteroatoms. The first-order chi connectivity index (χ1) is 9.22. The summed E-state index contributed by atoms with van der Waals surface area (Å²) in [5.74, 6) is 1.85. The zero-order valence-corrected chi connectivity index (χ0v) is 12.5. The predicted molar refractivity (Wildman–Crippen MR) is 80.9 cm³/mol. The fraction of sp³-hybridized carbons (Fsp3) is 0.647. The van der Waals surface area contributed by atoms with Crippen LogP contribution >= 0.6 is 0 Å². The van der Waals surface area contributed by atoms with Crippen LogP contribution in [-0.4, -0.2) is 19.2 Å². The van der Waals surface area contributed by atoms with E-state index >= 15 is 0 Å². The second-order valence-corrected chi connectivity index (χ2v) is 5.75. The average Bonchev–Trinajstić information content (AvgIpc) is 2.77. The highest BCUT2D eigenvalue weighted by Crippen LogP contribution is 2.32. The van der Waals surface area contributed by atoms with E-state index in [4.69, 9.17) is 4.74 Å². The SMILES string of the molecule is CCCC(CNCC)CC1Cc2cc(C)ccc2O1. The van der Waals surface area contributed by atoms with Crippen molar-refractivity contribution < 1.29 is 4.74 Å². The first-order valence-corrected chi connectivity index (χ1v) is 7.69. The maximum Gasteiger partial charge on any atom is 0.123 e. The molecule has 0 saturated heterocycles. The summed E-state index contributed by atoms with van der Waals surface area (Å²) in [6, 6.07) is 6.54. The van der Waals surface area contributed by atoms with Crippen LogP contribution in [0.2, 0.25) is 0 Å². The zero-order chi connectivity index (χ0) is 13.7. The van der Waals surface area contributed by atoms with Crippen molar-refractivity contribution in [3.63, 3.8) is 0 Å². The van der Waals surface area contributed by atoms with Gasteiger partial charge >= 0.3 is 0 Å². The van der Waals surface area contributed by atoms with Crippen LogP contribution in [0.1, 0.15) is 44.2 Å². The van der Waals surface area contributed by atoms with Crippen LogP contribution in [0.5, 0.6) is 5.75 Å². The summed E-state index contributed by atoms with van der Waals surface area (Å²) in [5, 5.41) is 3.48. The van der Waals surface area contributed by atoms with Crippen LogP contribution in [0.4, 0.5) is 0 Å². The lowest BCUT2D eigenvalue weighted by Gasteiger charge is -2.20. The molecule has 2 nitrogen and oxygen atoms in total. The van der Waals surface area contributed by atoms with E-state index in [2.05, 4.69) is 44.3 Å². The van der Waals surface area contributed by atoms with Crippen LogP contribution < -0.4 is 10.1 Å². The summed E-state index contributed by atoms with van der Waals surface area (Å²) >= 11 is 0. The highest BCUT2D eigenvalue weighted by molar-refractivity contribution is 5.40. The summed E-state index contributed by atoms with van der Waals surface area (Å²) in [7, 11) is 0. The molecule has 0 radical (unpaired) electrons. The summed E-state index contributed by atoms with van der Waals surface area (Å²) < 4.78 is 6.09. The van der Waals surface area contributed by atoms with Gasteiger partial charge < -0.3 is 10.1 Å². The Kier molecular flexibility index (Phi) is 5.26. The molecule has 1 aliphatic rings. The molecule has 0 amide bonds. The maximum absolute atomic E-state index is 6.09. The number of hydrogen-bond donors (Lipinski definition) is 1. The van der Waals surface area contributed by atoms with Gasteiger partial charge in [0.05, 0.1) is 0 Å². The lowest BCUT2D eigenvalue weighted by atomic mass is 9.94. The van der Waals surface area contributed by atoms with Gasteiger partial charge in [0.25, 0.3) is 0 Å². The highest BCUT2D eigenvalue weighted by Gasteiger charge is 2.25. The molecule has 0 bridgehead atoms. The summed E-state index contributed by atoms with van der Waals surface area (Å²) in [4.78, 5) is 0. The number of aryl methyl sites for hydroxylation is 1. The van der Waals surface area contributed by atoms with Gasteiger partial charge in [-0.1, -0.05) is 38.0 Å². The third-order valence-corrected chi connectivity index (χ3v) is 3.93. The number of nitrogens with one attached hydrogen (secondary N) is 1. The number of fused-ring (bicyclic) bond motifs is 1. The van der Waals surface area contributed by atoms with Crippen LogP contribution in [0, 0.1) is 12.8 Å². The fourth-order valence-electron chi connectivity index (χ4n) is 3.01. The topological polar surface area (TPSA) is 21.3 Å². The molecule has 2 unspecified atom stereocenters. The Bertz CT molecular complexity index is 402. The van der Waals surface area contributed by atoms with E-state index in [0.29, 0.717) is 6.10 Å². The third kappa shape index (κ3) is 3.97. The molecule has 2 atom stereocenters. The van der Waals surface area contributed by atoms with E-state index < -0.39 is 0 Å². The summed E-state index contributed by atoms with van der Waals surface area (Å²) in [6.45, 7) is 8.78. The van der Waals surface area contributed by atoms with Gasteiger partial charge in [-0.3, -0.25) is 0 Å². The molecule has 1 N–H and O–H groups in total. The summed E-state index contributed by atoms with van der Waals surface area (Å²) in [6.07, 6.45) is 5.20. The lowest BCUT2D eigenvalue weighted by molar-refractivity contribution is 0.188. The van der Waals surface area contributed by atoms with E-state index in [9.17, 15) is 0 Å². The Hall–Kier alpha value is -1.02. The number of hydrogen-bond acceptors (Lipinski definition) is 2. The minimum Gasteiger partial charge on any atom is -0.490 e. The lowest BCUT2D eigenvalue weighted by Crippen LogP contribution is -2.27. The van der Waals surface area contributed by atoms with Crippen molar-refractivity contribution in [2.75, 3.05) is 13.1 Å². The van der Waals surface area contributed by atoms with Crippen LogP contribution in [0.25, 0.3) is 0 Å². The molecule has 2 rings (SSSR count). The quantitative estimate of drug-likeness (QED) is 0.808. The van der Waals surface area contributed by atoms with Crippen molar-refractivity contribution in [2.24, 2.45) is 5.92 Å². The molecule has 0 spiro atoms. The monoisotopic (exact) mass is 261 g/mol. The molecule has 1 aromatic carbocycles. The maximum atomic E-state index is 6.09. The Morgan fingerprint density at radius 1 is 1.37 bits per heavy atom. The molecular weight excluding hydrogens is 234 g/mol. The fourth-order valence-corrected chi connectivity index (χ4v) is 3.01. The number of ether oxygens (including phenoxy) is 1. The first kappa shape index (κ1) is 14.4. The smallest absolute Gasteiger partial charge is 0.123 e. The third-order valence-electron chi connectivity index (χ3n) is 3.93. The van der Waals surface area contributed by atoms with Crippen LogP contribution in [0.15, 0.2) is 18.2 Å². The van der Waals surface area contributed by atoms with Crippen molar-refractivity contribution in [3.8, 4) is 5.75 Å². The van der Waals surface area contributed by atoms with E-state index in [1.807, 2.05) is 0 Å². The van der Waals surface area contributed by atoms with Gasteiger partial charge in [-0.25, -0.2) is 0 Å². The largest absolute Gasteiger partial charge is 0.490 e. The molecule has 1 aliphatic heterocycles. The van der Waals surface area contributed by atoms with Crippen molar-refractivity contribution in [1.29, 1.82) is 0 Å². The number of rotatable bonds is 7. The van der Waals surface area contributed by atoms with Gasteiger partial charge in [0.2, 0.25) is 0 Å². The Morgan fingerprint density at radius 2 is 2.21 bits per heavy atom. The average molecular weight is 261 g/mol. The van der Waals surface area contributed by atoms with Gasteiger partial charge in [0.15, 0.2) is 0 Å². The van der Waals surface area contributed by atoms with Gasteiger partial charge in [-0.15, -0.1) is 0 Å². The molecular formula is C17H27NO. The minimum atomic E-state index is 0.381. The molecule has 19 heavy (non-hydrogen) atoms. The van der Waals surface area contributed by atoms with Crippen molar-refractivity contribution in [1.82, 2.24) is 5.32 Å². The predicted octanol–water partition coefficient (Wildman–Crippen LogP) is 3.71. The highest BCUT2D eigenvalue weighted by atomic mass is 16.5. The Balaban J connectivity index is 1.90. The first-order valence-electron chi connectivity index (χ1n) is 7.69.